The van der Waals surface area contributed by atoms with Crippen molar-refractivity contribution in [3.63, 3.8) is 0 Å². The Morgan fingerprint density at radius 3 is 2.41 bits per heavy atom. The van der Waals surface area contributed by atoms with Gasteiger partial charge in [0.1, 0.15) is 11.8 Å². The van der Waals surface area contributed by atoms with Crippen LogP contribution < -0.4 is 10.1 Å². The highest BCUT2D eigenvalue weighted by atomic mass is 19.4. The van der Waals surface area contributed by atoms with E-state index in [1.165, 1.54) is 11.0 Å². The monoisotopic (exact) mass is 444 g/mol. The third kappa shape index (κ3) is 5.52. The second kappa shape index (κ2) is 9.94. The molecule has 1 amide bonds. The number of benzene rings is 1. The Bertz CT molecular complexity index is 943. The van der Waals surface area contributed by atoms with Crippen LogP contribution in [0.3, 0.4) is 0 Å². The van der Waals surface area contributed by atoms with Gasteiger partial charge in [0, 0.05) is 6.04 Å². The first-order valence-corrected chi connectivity index (χ1v) is 10.4. The van der Waals surface area contributed by atoms with Crippen molar-refractivity contribution < 1.29 is 22.7 Å². The summed E-state index contributed by atoms with van der Waals surface area (Å²) >= 11 is 0. The maximum Gasteiger partial charge on any atom is 0.416 e. The van der Waals surface area contributed by atoms with E-state index >= 15 is 0 Å². The highest BCUT2D eigenvalue weighted by Crippen LogP contribution is 2.34. The van der Waals surface area contributed by atoms with Gasteiger partial charge in [0.05, 0.1) is 42.0 Å². The molecule has 3 rings (SSSR count). The number of nitrogens with one attached hydrogen (secondary N) is 1. The van der Waals surface area contributed by atoms with E-state index in [1.54, 1.807) is 6.07 Å². The van der Waals surface area contributed by atoms with E-state index in [4.69, 9.17) is 16.4 Å². The topological polar surface area (TPSA) is 89.2 Å². The maximum atomic E-state index is 13.0. The molecule has 1 aliphatic heterocycles. The Balaban J connectivity index is 1.51. The number of amides is 1. The summed E-state index contributed by atoms with van der Waals surface area (Å²) < 4.78 is 44.8. The molecule has 1 saturated heterocycles. The van der Waals surface area contributed by atoms with Crippen LogP contribution in [-0.4, -0.2) is 41.6 Å². The molecule has 1 aromatic rings. The maximum absolute atomic E-state index is 13.0. The van der Waals surface area contributed by atoms with Crippen LogP contribution in [0.1, 0.15) is 49.7 Å². The van der Waals surface area contributed by atoms with Crippen LogP contribution in [0.2, 0.25) is 0 Å². The second-order valence-electron chi connectivity index (χ2n) is 8.03. The molecule has 2 atom stereocenters. The Hall–Kier alpha value is -3.22. The van der Waals surface area contributed by atoms with Crippen molar-refractivity contribution in [1.82, 2.24) is 10.2 Å². The zero-order chi connectivity index (χ0) is 23.3. The van der Waals surface area contributed by atoms with E-state index < -0.39 is 17.8 Å². The molecule has 1 aromatic carbocycles. The number of halogens is 3. The van der Waals surface area contributed by atoms with Gasteiger partial charge in [-0.3, -0.25) is 4.79 Å². The number of carbonyl (C=O) groups excluding carboxylic acids is 1. The van der Waals surface area contributed by atoms with Crippen LogP contribution >= 0.6 is 0 Å². The van der Waals surface area contributed by atoms with Gasteiger partial charge in [-0.05, 0) is 56.7 Å². The SMILES string of the molecule is C#C[C@H]1CC[C@@H](C#N)N1C(=O)CN[C@H]1CC[C@H](Oc2cc(C#N)cc(C(F)(F)F)c2)CC1. The summed E-state index contributed by atoms with van der Waals surface area (Å²) in [6.07, 6.45) is 4.40. The lowest BCUT2D eigenvalue weighted by Gasteiger charge is -2.31. The molecule has 0 aromatic heterocycles. The lowest BCUT2D eigenvalue weighted by Crippen LogP contribution is -2.47. The van der Waals surface area contributed by atoms with E-state index in [0.717, 1.165) is 12.1 Å². The van der Waals surface area contributed by atoms with Gasteiger partial charge in [0.15, 0.2) is 0 Å². The number of terminal acetylenes is 1. The molecule has 32 heavy (non-hydrogen) atoms. The minimum Gasteiger partial charge on any atom is -0.490 e. The largest absolute Gasteiger partial charge is 0.490 e. The Morgan fingerprint density at radius 2 is 1.81 bits per heavy atom. The zero-order valence-electron chi connectivity index (χ0n) is 17.4. The molecule has 2 fully saturated rings. The van der Waals surface area contributed by atoms with Crippen molar-refractivity contribution in [2.75, 3.05) is 6.54 Å². The summed E-state index contributed by atoms with van der Waals surface area (Å²) in [4.78, 5) is 14.1. The minimum atomic E-state index is -4.56. The van der Waals surface area contributed by atoms with Gasteiger partial charge in [-0.25, -0.2) is 0 Å². The molecule has 1 saturated carbocycles. The number of nitriles is 2. The summed E-state index contributed by atoms with van der Waals surface area (Å²) in [6, 6.07) is 6.07. The Kier molecular flexibility index (Phi) is 7.28. The summed E-state index contributed by atoms with van der Waals surface area (Å²) in [5, 5.41) is 21.4. The summed E-state index contributed by atoms with van der Waals surface area (Å²) in [5.41, 5.74) is -1.02. The number of alkyl halides is 3. The van der Waals surface area contributed by atoms with Gasteiger partial charge in [-0.2, -0.15) is 23.7 Å². The average Bonchev–Trinajstić information content (AvgIpc) is 3.21. The van der Waals surface area contributed by atoms with E-state index in [-0.39, 0.29) is 42.0 Å². The molecule has 0 unspecified atom stereocenters. The highest BCUT2D eigenvalue weighted by Gasteiger charge is 2.36. The van der Waals surface area contributed by atoms with Gasteiger partial charge >= 0.3 is 6.18 Å². The minimum absolute atomic E-state index is 0.0277. The first-order chi connectivity index (χ1) is 15.2. The zero-order valence-corrected chi connectivity index (χ0v) is 17.4. The van der Waals surface area contributed by atoms with Gasteiger partial charge in [0.25, 0.3) is 0 Å². The van der Waals surface area contributed by atoms with Crippen LogP contribution in [-0.2, 0) is 11.0 Å². The number of ether oxygens (including phenoxy) is 1. The molecular weight excluding hydrogens is 421 g/mol. The van der Waals surface area contributed by atoms with Gasteiger partial charge in [0.2, 0.25) is 5.91 Å². The number of hydrogen-bond acceptors (Lipinski definition) is 5. The second-order valence-corrected chi connectivity index (χ2v) is 8.03. The fourth-order valence-electron chi connectivity index (χ4n) is 4.24. The molecule has 0 spiro atoms. The Labute approximate surface area is 184 Å². The molecular formula is C23H23F3N4O2. The smallest absolute Gasteiger partial charge is 0.416 e. The lowest BCUT2D eigenvalue weighted by molar-refractivity contribution is -0.137. The molecule has 0 bridgehead atoms. The van der Waals surface area contributed by atoms with Crippen molar-refractivity contribution >= 4 is 5.91 Å². The van der Waals surface area contributed by atoms with Crippen LogP contribution in [0.15, 0.2) is 18.2 Å². The molecule has 1 heterocycles. The number of rotatable bonds is 5. The van der Waals surface area contributed by atoms with E-state index in [0.29, 0.717) is 38.5 Å². The quantitative estimate of drug-likeness (QED) is 0.704. The number of hydrogen-bond donors (Lipinski definition) is 1. The molecule has 9 heteroatoms. The number of carbonyl (C=O) groups is 1. The normalized spacial score (nSPS) is 25.4. The molecule has 2 aliphatic rings. The van der Waals surface area contributed by atoms with Crippen LogP contribution in [0.25, 0.3) is 0 Å². The summed E-state index contributed by atoms with van der Waals surface area (Å²) in [7, 11) is 0. The first kappa shape index (κ1) is 23.4. The van der Waals surface area contributed by atoms with Crippen molar-refractivity contribution in [1.29, 1.82) is 10.5 Å². The molecule has 168 valence electrons. The molecule has 1 aliphatic carbocycles. The van der Waals surface area contributed by atoms with Crippen molar-refractivity contribution in [2.45, 2.75) is 68.9 Å². The van der Waals surface area contributed by atoms with Crippen LogP contribution in [0, 0.1) is 35.0 Å². The van der Waals surface area contributed by atoms with Gasteiger partial charge in [-0.15, -0.1) is 6.42 Å². The number of likely N-dealkylation sites (tertiary alicyclic amines) is 1. The fraction of sp³-hybridized carbons (Fsp3) is 0.522. The van der Waals surface area contributed by atoms with Gasteiger partial charge < -0.3 is 15.0 Å². The first-order valence-electron chi connectivity index (χ1n) is 10.4. The molecule has 1 N–H and O–H groups in total. The summed E-state index contributed by atoms with van der Waals surface area (Å²) in [6.45, 7) is 0.0751. The lowest BCUT2D eigenvalue weighted by atomic mass is 9.93. The fourth-order valence-corrected chi connectivity index (χ4v) is 4.24. The number of nitrogens with zero attached hydrogens (tertiary/aromatic N) is 3. The molecule has 6 nitrogen and oxygen atoms in total. The van der Waals surface area contributed by atoms with E-state index in [9.17, 15) is 23.2 Å². The van der Waals surface area contributed by atoms with Crippen molar-refractivity contribution in [3.8, 4) is 30.2 Å². The predicted octanol–water partition coefficient (Wildman–Crippen LogP) is 3.37. The summed E-state index contributed by atoms with van der Waals surface area (Å²) in [5.74, 6) is 2.39. The predicted molar refractivity (Wildman–Crippen MR) is 109 cm³/mol. The Morgan fingerprint density at radius 1 is 1.12 bits per heavy atom. The van der Waals surface area contributed by atoms with Crippen LogP contribution in [0.5, 0.6) is 5.75 Å². The van der Waals surface area contributed by atoms with Crippen molar-refractivity contribution in [2.24, 2.45) is 0 Å². The molecule has 0 radical (unpaired) electrons. The van der Waals surface area contributed by atoms with Gasteiger partial charge in [-0.1, -0.05) is 5.92 Å². The van der Waals surface area contributed by atoms with Crippen LogP contribution in [0.4, 0.5) is 13.2 Å². The average molecular weight is 444 g/mol. The third-order valence-corrected chi connectivity index (χ3v) is 5.90. The van der Waals surface area contributed by atoms with E-state index in [1.807, 2.05) is 0 Å². The van der Waals surface area contributed by atoms with Crippen molar-refractivity contribution in [3.05, 3.63) is 29.3 Å². The van der Waals surface area contributed by atoms with E-state index in [2.05, 4.69) is 17.3 Å². The third-order valence-electron chi connectivity index (χ3n) is 5.90. The standard InChI is InChI=1S/C23H23F3N4O2/c1-2-18-5-6-19(13-28)30(18)22(31)14-29-17-3-7-20(8-4-17)32-21-10-15(12-27)9-16(11-21)23(24,25)26/h1,9-11,17-20,29H,3-8,14H2/t17-,18-,19-,20-/m0/s1. The highest BCUT2D eigenvalue weighted by molar-refractivity contribution is 5.80.